The summed E-state index contributed by atoms with van der Waals surface area (Å²) in [6.45, 7) is 2.59. The molecule has 1 saturated heterocycles. The number of carbonyl (C=O) groups is 2. The fraction of sp³-hybridized carbons (Fsp3) is 0.462. The van der Waals surface area contributed by atoms with Gasteiger partial charge in [0, 0.05) is 6.61 Å². The topological polar surface area (TPSA) is 88.5 Å². The maximum Gasteiger partial charge on any atom is 0.354 e. The van der Waals surface area contributed by atoms with Crippen molar-refractivity contribution in [2.24, 2.45) is 0 Å². The lowest BCUT2D eigenvalue weighted by molar-refractivity contribution is 0.0688. The van der Waals surface area contributed by atoms with Crippen molar-refractivity contribution in [3.05, 3.63) is 29.6 Å². The predicted molar refractivity (Wildman–Crippen MR) is 67.1 cm³/mol. The van der Waals surface area contributed by atoms with Crippen LogP contribution < -0.4 is 5.32 Å². The third kappa shape index (κ3) is 3.29. The fourth-order valence-electron chi connectivity index (χ4n) is 2.05. The number of carboxylic acids is 1. The third-order valence-corrected chi connectivity index (χ3v) is 3.08. The number of nitrogens with one attached hydrogen (secondary N) is 1. The van der Waals surface area contributed by atoms with Crippen LogP contribution in [0.1, 0.15) is 40.7 Å². The Hall–Kier alpha value is -1.95. The number of aromatic nitrogens is 1. The summed E-state index contributed by atoms with van der Waals surface area (Å²) < 4.78 is 5.48. The molecule has 1 aromatic heterocycles. The highest BCUT2D eigenvalue weighted by Gasteiger charge is 2.24. The first-order valence-electron chi connectivity index (χ1n) is 6.21. The van der Waals surface area contributed by atoms with Crippen LogP contribution in [0.25, 0.3) is 0 Å². The molecule has 0 radical (unpaired) electrons. The van der Waals surface area contributed by atoms with Gasteiger partial charge in [0.25, 0.3) is 5.91 Å². The molecule has 1 amide bonds. The Morgan fingerprint density at radius 3 is 2.84 bits per heavy atom. The molecule has 2 heterocycles. The molecule has 0 aromatic carbocycles. The first-order chi connectivity index (χ1) is 9.08. The molecule has 6 nitrogen and oxygen atoms in total. The molecule has 0 saturated carbocycles. The minimum atomic E-state index is -1.15. The second-order valence-corrected chi connectivity index (χ2v) is 4.53. The van der Waals surface area contributed by atoms with Crippen LogP contribution in [0.2, 0.25) is 0 Å². The summed E-state index contributed by atoms with van der Waals surface area (Å²) in [6.07, 6.45) is 1.94. The molecule has 2 atom stereocenters. The monoisotopic (exact) mass is 264 g/mol. The molecule has 0 bridgehead atoms. The number of hydrogen-bond donors (Lipinski definition) is 2. The van der Waals surface area contributed by atoms with Gasteiger partial charge in [0.05, 0.1) is 12.1 Å². The Balaban J connectivity index is 2.02. The van der Waals surface area contributed by atoms with E-state index in [2.05, 4.69) is 10.3 Å². The highest BCUT2D eigenvalue weighted by Crippen LogP contribution is 2.15. The number of carboxylic acid groups (broad SMARTS) is 1. The number of carbonyl (C=O) groups excluding carboxylic acids is 1. The number of amides is 1. The Morgan fingerprint density at radius 2 is 2.21 bits per heavy atom. The van der Waals surface area contributed by atoms with Crippen LogP contribution in [0, 0.1) is 0 Å². The van der Waals surface area contributed by atoms with Crippen LogP contribution in [0.15, 0.2) is 18.2 Å². The zero-order chi connectivity index (χ0) is 13.8. The van der Waals surface area contributed by atoms with Gasteiger partial charge < -0.3 is 15.2 Å². The van der Waals surface area contributed by atoms with E-state index < -0.39 is 5.97 Å². The van der Waals surface area contributed by atoms with Crippen LogP contribution in [-0.2, 0) is 4.74 Å². The normalized spacial score (nSPS) is 19.9. The number of nitrogens with zero attached hydrogens (tertiary/aromatic N) is 1. The molecule has 2 rings (SSSR count). The molecule has 2 N–H and O–H groups in total. The molecule has 2 unspecified atom stereocenters. The first kappa shape index (κ1) is 13.5. The summed E-state index contributed by atoms with van der Waals surface area (Å²) in [6, 6.07) is 4.22. The summed E-state index contributed by atoms with van der Waals surface area (Å²) in [5, 5.41) is 11.6. The SMILES string of the molecule is CC(NC(=O)c1cccc(C(=O)O)n1)C1CCCO1. The molecule has 1 aliphatic rings. The minimum Gasteiger partial charge on any atom is -0.477 e. The van der Waals surface area contributed by atoms with Crippen molar-refractivity contribution in [3.63, 3.8) is 0 Å². The van der Waals surface area contributed by atoms with Crippen LogP contribution in [0.3, 0.4) is 0 Å². The van der Waals surface area contributed by atoms with E-state index in [0.717, 1.165) is 19.4 Å². The van der Waals surface area contributed by atoms with Crippen LogP contribution in [-0.4, -0.2) is 40.7 Å². The Morgan fingerprint density at radius 1 is 1.47 bits per heavy atom. The lowest BCUT2D eigenvalue weighted by Crippen LogP contribution is -2.41. The fourth-order valence-corrected chi connectivity index (χ4v) is 2.05. The largest absolute Gasteiger partial charge is 0.477 e. The Bertz CT molecular complexity index is 483. The summed E-state index contributed by atoms with van der Waals surface area (Å²) in [7, 11) is 0. The summed E-state index contributed by atoms with van der Waals surface area (Å²) in [5.41, 5.74) is -0.0397. The second-order valence-electron chi connectivity index (χ2n) is 4.53. The van der Waals surface area contributed by atoms with Crippen LogP contribution >= 0.6 is 0 Å². The zero-order valence-corrected chi connectivity index (χ0v) is 10.6. The van der Waals surface area contributed by atoms with Gasteiger partial charge in [-0.1, -0.05) is 6.07 Å². The molecule has 0 spiro atoms. The molecule has 1 aromatic rings. The molecule has 1 fully saturated rings. The predicted octanol–water partition coefficient (Wildman–Crippen LogP) is 1.08. The van der Waals surface area contributed by atoms with Gasteiger partial charge in [-0.05, 0) is 31.9 Å². The number of hydrogen-bond acceptors (Lipinski definition) is 4. The standard InChI is InChI=1S/C13H16N2O4/c1-8(11-6-3-7-19-11)14-12(16)9-4-2-5-10(15-9)13(17)18/h2,4-5,8,11H,3,6-7H2,1H3,(H,14,16)(H,17,18). The lowest BCUT2D eigenvalue weighted by Gasteiger charge is -2.19. The van der Waals surface area contributed by atoms with Crippen molar-refractivity contribution in [3.8, 4) is 0 Å². The molecular formula is C13H16N2O4. The van der Waals surface area contributed by atoms with E-state index >= 15 is 0 Å². The molecule has 0 aliphatic carbocycles. The van der Waals surface area contributed by atoms with E-state index in [1.807, 2.05) is 6.92 Å². The highest BCUT2D eigenvalue weighted by molar-refractivity contribution is 5.94. The lowest BCUT2D eigenvalue weighted by atomic mass is 10.1. The molecular weight excluding hydrogens is 248 g/mol. The maximum absolute atomic E-state index is 12.0. The van der Waals surface area contributed by atoms with Gasteiger partial charge in [0.2, 0.25) is 0 Å². The van der Waals surface area contributed by atoms with Gasteiger partial charge in [0.15, 0.2) is 0 Å². The van der Waals surface area contributed by atoms with Gasteiger partial charge >= 0.3 is 5.97 Å². The van der Waals surface area contributed by atoms with E-state index in [1.54, 1.807) is 0 Å². The smallest absolute Gasteiger partial charge is 0.354 e. The van der Waals surface area contributed by atoms with Gasteiger partial charge in [-0.3, -0.25) is 4.79 Å². The third-order valence-electron chi connectivity index (χ3n) is 3.08. The highest BCUT2D eigenvalue weighted by atomic mass is 16.5. The number of ether oxygens (including phenoxy) is 1. The molecule has 102 valence electrons. The van der Waals surface area contributed by atoms with Gasteiger partial charge in [-0.2, -0.15) is 0 Å². The van der Waals surface area contributed by atoms with E-state index in [-0.39, 0.29) is 29.4 Å². The Kier molecular flexibility index (Phi) is 4.11. The maximum atomic E-state index is 12.0. The van der Waals surface area contributed by atoms with Crippen molar-refractivity contribution in [1.29, 1.82) is 0 Å². The van der Waals surface area contributed by atoms with Gasteiger partial charge in [-0.25, -0.2) is 9.78 Å². The summed E-state index contributed by atoms with van der Waals surface area (Å²) in [5.74, 6) is -1.53. The Labute approximate surface area is 110 Å². The van der Waals surface area contributed by atoms with Crippen LogP contribution in [0.4, 0.5) is 0 Å². The van der Waals surface area contributed by atoms with Crippen molar-refractivity contribution in [2.45, 2.75) is 31.9 Å². The molecule has 19 heavy (non-hydrogen) atoms. The van der Waals surface area contributed by atoms with E-state index in [9.17, 15) is 9.59 Å². The van der Waals surface area contributed by atoms with Crippen LogP contribution in [0.5, 0.6) is 0 Å². The first-order valence-corrected chi connectivity index (χ1v) is 6.21. The van der Waals surface area contributed by atoms with Crippen molar-refractivity contribution in [2.75, 3.05) is 6.61 Å². The number of pyridine rings is 1. The number of aromatic carboxylic acids is 1. The summed E-state index contributed by atoms with van der Waals surface area (Å²) in [4.78, 5) is 26.6. The average molecular weight is 264 g/mol. The van der Waals surface area contributed by atoms with E-state index in [0.29, 0.717) is 0 Å². The second kappa shape index (κ2) is 5.79. The van der Waals surface area contributed by atoms with Crippen molar-refractivity contribution < 1.29 is 19.4 Å². The van der Waals surface area contributed by atoms with Gasteiger partial charge in [0.1, 0.15) is 11.4 Å². The zero-order valence-electron chi connectivity index (χ0n) is 10.6. The quantitative estimate of drug-likeness (QED) is 0.849. The van der Waals surface area contributed by atoms with Crippen molar-refractivity contribution >= 4 is 11.9 Å². The minimum absolute atomic E-state index is 0.0200. The van der Waals surface area contributed by atoms with E-state index in [1.165, 1.54) is 18.2 Å². The van der Waals surface area contributed by atoms with Crippen molar-refractivity contribution in [1.82, 2.24) is 10.3 Å². The number of rotatable bonds is 4. The summed E-state index contributed by atoms with van der Waals surface area (Å²) >= 11 is 0. The molecule has 6 heteroatoms. The van der Waals surface area contributed by atoms with E-state index in [4.69, 9.17) is 9.84 Å². The average Bonchev–Trinajstić information content (AvgIpc) is 2.92. The molecule has 1 aliphatic heterocycles. The van der Waals surface area contributed by atoms with Gasteiger partial charge in [-0.15, -0.1) is 0 Å².